The van der Waals surface area contributed by atoms with E-state index in [1.807, 2.05) is 27.0 Å². The Labute approximate surface area is 174 Å². The highest BCUT2D eigenvalue weighted by molar-refractivity contribution is 7.98. The number of rotatable bonds is 7. The molecule has 1 N–H and O–H groups in total. The molecule has 6 nitrogen and oxygen atoms in total. The van der Waals surface area contributed by atoms with Crippen molar-refractivity contribution in [2.75, 3.05) is 11.6 Å². The van der Waals surface area contributed by atoms with E-state index in [1.54, 1.807) is 25.1 Å². The van der Waals surface area contributed by atoms with E-state index < -0.39 is 18.0 Å². The van der Waals surface area contributed by atoms with Gasteiger partial charge in [-0.1, -0.05) is 29.4 Å². The van der Waals surface area contributed by atoms with Crippen molar-refractivity contribution in [3.63, 3.8) is 0 Å². The van der Waals surface area contributed by atoms with Crippen LogP contribution in [0.25, 0.3) is 0 Å². The van der Waals surface area contributed by atoms with Gasteiger partial charge in [-0.3, -0.25) is 9.59 Å². The number of thioether (sulfide) groups is 1. The smallest absolute Gasteiger partial charge is 0.306 e. The summed E-state index contributed by atoms with van der Waals surface area (Å²) in [6.07, 6.45) is 1.62. The summed E-state index contributed by atoms with van der Waals surface area (Å²) in [6, 6.07) is 5.24. The monoisotopic (exact) mass is 421 g/mol. The summed E-state index contributed by atoms with van der Waals surface area (Å²) >= 11 is 7.53. The van der Waals surface area contributed by atoms with Crippen LogP contribution >= 0.6 is 23.4 Å². The number of benzene rings is 1. The standard InChI is InChI=1S/C20H24ClN3O3S/c1-11-16(21)7-6-8-17(11)24-19(26)14(4)27-18(25)10-9-15-12(2)22-20(28-5)23-13(15)3/h6-8,14H,9-10H2,1-5H3,(H,24,26)/t14-/m1/s1. The molecule has 28 heavy (non-hydrogen) atoms. The van der Waals surface area contributed by atoms with Crippen LogP contribution in [0.2, 0.25) is 5.02 Å². The quantitative estimate of drug-likeness (QED) is 0.408. The molecule has 0 bridgehead atoms. The normalized spacial score (nSPS) is 11.8. The zero-order valence-electron chi connectivity index (χ0n) is 16.6. The van der Waals surface area contributed by atoms with Gasteiger partial charge in [-0.15, -0.1) is 0 Å². The Hall–Kier alpha value is -2.12. The molecule has 0 aliphatic rings. The first kappa shape index (κ1) is 22.2. The SMILES string of the molecule is CSc1nc(C)c(CCC(=O)O[C@H](C)C(=O)Nc2cccc(Cl)c2C)c(C)n1. The van der Waals surface area contributed by atoms with Crippen molar-refractivity contribution >= 4 is 40.9 Å². The number of amides is 1. The predicted octanol–water partition coefficient (Wildman–Crippen LogP) is 4.28. The van der Waals surface area contributed by atoms with Gasteiger partial charge in [0.25, 0.3) is 5.91 Å². The molecule has 0 fully saturated rings. The van der Waals surface area contributed by atoms with Crippen molar-refractivity contribution in [3.8, 4) is 0 Å². The highest BCUT2D eigenvalue weighted by Gasteiger charge is 2.19. The average Bonchev–Trinajstić information content (AvgIpc) is 2.64. The maximum absolute atomic E-state index is 12.3. The first-order valence-corrected chi connectivity index (χ1v) is 10.5. The van der Waals surface area contributed by atoms with Gasteiger partial charge in [-0.2, -0.15) is 0 Å². The van der Waals surface area contributed by atoms with Gasteiger partial charge in [-0.05, 0) is 63.6 Å². The van der Waals surface area contributed by atoms with Gasteiger partial charge in [0.15, 0.2) is 11.3 Å². The van der Waals surface area contributed by atoms with E-state index in [9.17, 15) is 9.59 Å². The van der Waals surface area contributed by atoms with Gasteiger partial charge in [0.1, 0.15) is 0 Å². The predicted molar refractivity (Wildman–Crippen MR) is 112 cm³/mol. The van der Waals surface area contributed by atoms with Crippen molar-refractivity contribution in [3.05, 3.63) is 45.7 Å². The molecule has 8 heteroatoms. The summed E-state index contributed by atoms with van der Waals surface area (Å²) < 4.78 is 5.27. The van der Waals surface area contributed by atoms with E-state index in [0.29, 0.717) is 22.3 Å². The van der Waals surface area contributed by atoms with Crippen molar-refractivity contribution in [1.82, 2.24) is 9.97 Å². The van der Waals surface area contributed by atoms with Crippen LogP contribution in [0.3, 0.4) is 0 Å². The molecule has 1 atom stereocenters. The molecule has 1 aromatic carbocycles. The highest BCUT2D eigenvalue weighted by Crippen LogP contribution is 2.23. The second-order valence-corrected chi connectivity index (χ2v) is 7.57. The Morgan fingerprint density at radius 1 is 1.21 bits per heavy atom. The van der Waals surface area contributed by atoms with E-state index in [1.165, 1.54) is 11.8 Å². The van der Waals surface area contributed by atoms with Crippen LogP contribution in [0, 0.1) is 20.8 Å². The molecule has 0 radical (unpaired) electrons. The number of anilines is 1. The maximum Gasteiger partial charge on any atom is 0.306 e. The second-order valence-electron chi connectivity index (χ2n) is 6.39. The number of aromatic nitrogens is 2. The molecular formula is C20H24ClN3O3S. The van der Waals surface area contributed by atoms with Crippen molar-refractivity contribution in [2.45, 2.75) is 51.8 Å². The Morgan fingerprint density at radius 3 is 2.46 bits per heavy atom. The van der Waals surface area contributed by atoms with Gasteiger partial charge in [-0.25, -0.2) is 9.97 Å². The Kier molecular flexibility index (Phi) is 7.83. The zero-order chi connectivity index (χ0) is 20.8. The van der Waals surface area contributed by atoms with Gasteiger partial charge >= 0.3 is 5.97 Å². The summed E-state index contributed by atoms with van der Waals surface area (Å²) in [4.78, 5) is 33.3. The minimum Gasteiger partial charge on any atom is -0.453 e. The largest absolute Gasteiger partial charge is 0.453 e. The Bertz CT molecular complexity index is 866. The lowest BCUT2D eigenvalue weighted by Crippen LogP contribution is -2.30. The van der Waals surface area contributed by atoms with Crippen LogP contribution in [-0.2, 0) is 20.7 Å². The van der Waals surface area contributed by atoms with E-state index >= 15 is 0 Å². The van der Waals surface area contributed by atoms with Crippen LogP contribution < -0.4 is 5.32 Å². The lowest BCUT2D eigenvalue weighted by molar-refractivity contribution is -0.153. The van der Waals surface area contributed by atoms with Crippen molar-refractivity contribution in [2.24, 2.45) is 0 Å². The summed E-state index contributed by atoms with van der Waals surface area (Å²) in [5, 5.41) is 4.01. The zero-order valence-corrected chi connectivity index (χ0v) is 18.2. The van der Waals surface area contributed by atoms with E-state index in [4.69, 9.17) is 16.3 Å². The summed E-state index contributed by atoms with van der Waals surface area (Å²) in [5.74, 6) is -0.850. The van der Waals surface area contributed by atoms with Gasteiger partial charge in [0.2, 0.25) is 0 Å². The number of aryl methyl sites for hydroxylation is 2. The number of halogens is 1. The number of esters is 1. The molecular weight excluding hydrogens is 398 g/mol. The van der Waals surface area contributed by atoms with E-state index in [2.05, 4.69) is 15.3 Å². The van der Waals surface area contributed by atoms with Gasteiger partial charge < -0.3 is 10.1 Å². The van der Waals surface area contributed by atoms with Crippen LogP contribution in [-0.4, -0.2) is 34.2 Å². The topological polar surface area (TPSA) is 81.2 Å². The molecule has 2 rings (SSSR count). The minimum absolute atomic E-state index is 0.150. The second kappa shape index (κ2) is 9.89. The molecule has 1 heterocycles. The number of nitrogens with one attached hydrogen (secondary N) is 1. The molecule has 0 unspecified atom stereocenters. The van der Waals surface area contributed by atoms with Crippen LogP contribution in [0.5, 0.6) is 0 Å². The lowest BCUT2D eigenvalue weighted by Gasteiger charge is -2.15. The summed E-state index contributed by atoms with van der Waals surface area (Å²) in [6.45, 7) is 7.15. The molecule has 1 aromatic heterocycles. The van der Waals surface area contributed by atoms with Crippen LogP contribution in [0.4, 0.5) is 5.69 Å². The fourth-order valence-corrected chi connectivity index (χ4v) is 3.31. The van der Waals surface area contributed by atoms with Crippen LogP contribution in [0.1, 0.15) is 35.9 Å². The fourth-order valence-electron chi connectivity index (χ4n) is 2.68. The molecule has 150 valence electrons. The molecule has 0 spiro atoms. The van der Waals surface area contributed by atoms with Crippen molar-refractivity contribution in [1.29, 1.82) is 0 Å². The minimum atomic E-state index is -0.914. The van der Waals surface area contributed by atoms with E-state index in [0.717, 1.165) is 22.5 Å². The van der Waals surface area contributed by atoms with Gasteiger partial charge in [0.05, 0.1) is 0 Å². The molecule has 0 saturated heterocycles. The third-order valence-electron chi connectivity index (χ3n) is 4.36. The first-order valence-electron chi connectivity index (χ1n) is 8.86. The first-order chi connectivity index (χ1) is 13.2. The molecule has 1 amide bonds. The summed E-state index contributed by atoms with van der Waals surface area (Å²) in [5.41, 5.74) is 3.99. The Balaban J connectivity index is 1.92. The number of ether oxygens (including phenoxy) is 1. The third kappa shape index (κ3) is 5.69. The van der Waals surface area contributed by atoms with Crippen LogP contribution in [0.15, 0.2) is 23.4 Å². The molecule has 0 aliphatic carbocycles. The lowest BCUT2D eigenvalue weighted by atomic mass is 10.1. The molecule has 0 aliphatic heterocycles. The number of carbonyl (C=O) groups is 2. The number of nitrogens with zero attached hydrogens (tertiary/aromatic N) is 2. The highest BCUT2D eigenvalue weighted by atomic mass is 35.5. The average molecular weight is 422 g/mol. The third-order valence-corrected chi connectivity index (χ3v) is 5.32. The number of hydrogen-bond acceptors (Lipinski definition) is 6. The van der Waals surface area contributed by atoms with E-state index in [-0.39, 0.29) is 6.42 Å². The van der Waals surface area contributed by atoms with Gasteiger partial charge in [0, 0.05) is 28.5 Å². The van der Waals surface area contributed by atoms with Crippen molar-refractivity contribution < 1.29 is 14.3 Å². The number of carbonyl (C=O) groups excluding carboxylic acids is 2. The Morgan fingerprint density at radius 2 is 1.86 bits per heavy atom. The fraction of sp³-hybridized carbons (Fsp3) is 0.400. The maximum atomic E-state index is 12.3. The molecule has 2 aromatic rings. The number of hydrogen-bond donors (Lipinski definition) is 1. The summed E-state index contributed by atoms with van der Waals surface area (Å²) in [7, 11) is 0. The molecule has 0 saturated carbocycles.